The van der Waals surface area contributed by atoms with Gasteiger partial charge in [0.15, 0.2) is 0 Å². The number of Topliss-reactive ketones (excluding diaryl/α,β-unsaturated/α-hetero) is 1. The maximum atomic E-state index is 12.1. The van der Waals surface area contributed by atoms with Crippen LogP contribution in [0.15, 0.2) is 48.6 Å². The molecular formula is C22H32O5. The number of hydrogen-bond acceptors (Lipinski definition) is 4. The summed E-state index contributed by atoms with van der Waals surface area (Å²) in [4.78, 5) is 22.6. The van der Waals surface area contributed by atoms with E-state index in [0.717, 1.165) is 12.8 Å². The summed E-state index contributed by atoms with van der Waals surface area (Å²) >= 11 is 0. The first-order chi connectivity index (χ1) is 13.0. The number of rotatable bonds is 12. The van der Waals surface area contributed by atoms with E-state index in [1.165, 1.54) is 0 Å². The van der Waals surface area contributed by atoms with Gasteiger partial charge in [-0.2, -0.15) is 0 Å². The van der Waals surface area contributed by atoms with Crippen LogP contribution in [-0.4, -0.2) is 39.3 Å². The molecule has 0 bridgehead atoms. The molecule has 0 amide bonds. The molecule has 0 aromatic carbocycles. The SMILES string of the molecule is CC/C=C\C/C=C\C[C@@H](O)/C=C/[C@@H]1C(=O)C[C@@H](O)[C@H]1C/C=C\CCC(=O)O. The lowest BCUT2D eigenvalue weighted by molar-refractivity contribution is -0.136. The van der Waals surface area contributed by atoms with Crippen molar-refractivity contribution >= 4 is 11.8 Å². The summed E-state index contributed by atoms with van der Waals surface area (Å²) in [6.07, 6.45) is 17.2. The number of carboxylic acid groups (broad SMARTS) is 1. The number of carboxylic acids is 1. The fourth-order valence-corrected chi connectivity index (χ4v) is 3.10. The average molecular weight is 376 g/mol. The molecule has 0 spiro atoms. The van der Waals surface area contributed by atoms with Crippen LogP contribution in [0.2, 0.25) is 0 Å². The summed E-state index contributed by atoms with van der Waals surface area (Å²) in [5.41, 5.74) is 0. The van der Waals surface area contributed by atoms with Gasteiger partial charge in [-0.1, -0.05) is 55.5 Å². The van der Waals surface area contributed by atoms with Crippen LogP contribution >= 0.6 is 0 Å². The normalized spacial score (nSPS) is 24.9. The highest BCUT2D eigenvalue weighted by Crippen LogP contribution is 2.33. The number of carbonyl (C=O) groups is 2. The molecule has 0 unspecified atom stereocenters. The molecule has 1 saturated carbocycles. The Hall–Kier alpha value is -1.98. The third-order valence-corrected chi connectivity index (χ3v) is 4.60. The number of aliphatic hydroxyl groups is 2. The molecule has 0 radical (unpaired) electrons. The quantitative estimate of drug-likeness (QED) is 0.453. The van der Waals surface area contributed by atoms with E-state index in [2.05, 4.69) is 19.1 Å². The average Bonchev–Trinajstić information content (AvgIpc) is 2.88. The molecule has 5 heteroatoms. The Kier molecular flexibility index (Phi) is 11.3. The second-order valence-corrected chi connectivity index (χ2v) is 6.84. The fraction of sp³-hybridized carbons (Fsp3) is 0.545. The van der Waals surface area contributed by atoms with Gasteiger partial charge in [-0.25, -0.2) is 0 Å². The van der Waals surface area contributed by atoms with E-state index in [0.29, 0.717) is 19.3 Å². The van der Waals surface area contributed by atoms with Crippen LogP contribution in [0.1, 0.15) is 51.9 Å². The number of allylic oxidation sites excluding steroid dienone is 6. The molecule has 1 aliphatic carbocycles. The minimum Gasteiger partial charge on any atom is -0.481 e. The first-order valence-electron chi connectivity index (χ1n) is 9.69. The molecule has 4 atom stereocenters. The lowest BCUT2D eigenvalue weighted by Gasteiger charge is -2.16. The van der Waals surface area contributed by atoms with Crippen LogP contribution in [-0.2, 0) is 9.59 Å². The molecule has 27 heavy (non-hydrogen) atoms. The Morgan fingerprint density at radius 3 is 2.63 bits per heavy atom. The van der Waals surface area contributed by atoms with Gasteiger partial charge in [0.25, 0.3) is 0 Å². The molecule has 0 aliphatic heterocycles. The lowest BCUT2D eigenvalue weighted by Crippen LogP contribution is -2.19. The van der Waals surface area contributed by atoms with Crippen molar-refractivity contribution < 1.29 is 24.9 Å². The van der Waals surface area contributed by atoms with Crippen molar-refractivity contribution in [1.82, 2.24) is 0 Å². The first kappa shape index (κ1) is 23.1. The topological polar surface area (TPSA) is 94.8 Å². The zero-order valence-corrected chi connectivity index (χ0v) is 16.0. The standard InChI is InChI=1S/C22H32O5/c1-2-3-4-5-6-8-11-17(23)14-15-19-18(20(24)16-21(19)25)12-9-7-10-13-22(26)27/h3-4,6-9,14-15,17-20,23-24H,2,5,10-13,16H2,1H3,(H,26,27)/b4-3-,8-6-,9-7-,15-14+/t17-,18+,19+,20-/m1/s1. The van der Waals surface area contributed by atoms with E-state index in [-0.39, 0.29) is 24.5 Å². The van der Waals surface area contributed by atoms with Crippen molar-refractivity contribution in [3.63, 3.8) is 0 Å². The van der Waals surface area contributed by atoms with E-state index >= 15 is 0 Å². The highest BCUT2D eigenvalue weighted by atomic mass is 16.4. The number of aliphatic hydroxyl groups excluding tert-OH is 2. The van der Waals surface area contributed by atoms with Gasteiger partial charge in [-0.05, 0) is 32.1 Å². The van der Waals surface area contributed by atoms with Gasteiger partial charge in [0.05, 0.1) is 12.2 Å². The van der Waals surface area contributed by atoms with Crippen LogP contribution in [0.5, 0.6) is 0 Å². The maximum Gasteiger partial charge on any atom is 0.303 e. The first-order valence-corrected chi connectivity index (χ1v) is 9.69. The Morgan fingerprint density at radius 1 is 1.19 bits per heavy atom. The van der Waals surface area contributed by atoms with Crippen LogP contribution in [0.3, 0.4) is 0 Å². The number of aliphatic carboxylic acids is 1. The molecule has 3 N–H and O–H groups in total. The smallest absolute Gasteiger partial charge is 0.303 e. The van der Waals surface area contributed by atoms with Crippen LogP contribution in [0.25, 0.3) is 0 Å². The van der Waals surface area contributed by atoms with E-state index in [9.17, 15) is 19.8 Å². The van der Waals surface area contributed by atoms with Crippen LogP contribution in [0.4, 0.5) is 0 Å². The summed E-state index contributed by atoms with van der Waals surface area (Å²) in [5.74, 6) is -1.50. The molecule has 0 aromatic rings. The summed E-state index contributed by atoms with van der Waals surface area (Å²) < 4.78 is 0. The molecule has 5 nitrogen and oxygen atoms in total. The van der Waals surface area contributed by atoms with Crippen LogP contribution < -0.4 is 0 Å². The molecule has 0 aromatic heterocycles. The van der Waals surface area contributed by atoms with Gasteiger partial charge in [0.2, 0.25) is 0 Å². The number of carbonyl (C=O) groups excluding carboxylic acids is 1. The van der Waals surface area contributed by atoms with Gasteiger partial charge in [0, 0.05) is 24.7 Å². The van der Waals surface area contributed by atoms with E-state index in [1.54, 1.807) is 18.2 Å². The Labute approximate surface area is 161 Å². The van der Waals surface area contributed by atoms with Crippen molar-refractivity contribution in [1.29, 1.82) is 0 Å². The molecule has 1 aliphatic rings. The minimum atomic E-state index is -0.846. The Balaban J connectivity index is 2.50. The van der Waals surface area contributed by atoms with Gasteiger partial charge >= 0.3 is 5.97 Å². The van der Waals surface area contributed by atoms with E-state index in [1.807, 2.05) is 18.2 Å². The third kappa shape index (κ3) is 9.50. The van der Waals surface area contributed by atoms with E-state index in [4.69, 9.17) is 5.11 Å². The number of ketones is 1. The van der Waals surface area contributed by atoms with Crippen molar-refractivity contribution in [2.24, 2.45) is 11.8 Å². The second kappa shape index (κ2) is 13.2. The molecular weight excluding hydrogens is 344 g/mol. The highest BCUT2D eigenvalue weighted by Gasteiger charge is 2.39. The molecule has 1 fully saturated rings. The summed E-state index contributed by atoms with van der Waals surface area (Å²) in [5, 5.41) is 28.8. The van der Waals surface area contributed by atoms with Gasteiger partial charge < -0.3 is 15.3 Å². The zero-order valence-electron chi connectivity index (χ0n) is 16.0. The predicted octanol–water partition coefficient (Wildman–Crippen LogP) is 3.58. The minimum absolute atomic E-state index is 0.0184. The van der Waals surface area contributed by atoms with Crippen molar-refractivity contribution in [2.45, 2.75) is 64.1 Å². The molecule has 0 saturated heterocycles. The summed E-state index contributed by atoms with van der Waals surface area (Å²) in [7, 11) is 0. The largest absolute Gasteiger partial charge is 0.481 e. The summed E-state index contributed by atoms with van der Waals surface area (Å²) in [6.45, 7) is 2.08. The predicted molar refractivity (Wildman–Crippen MR) is 106 cm³/mol. The highest BCUT2D eigenvalue weighted by molar-refractivity contribution is 5.86. The molecule has 1 rings (SSSR count). The van der Waals surface area contributed by atoms with Crippen molar-refractivity contribution in [3.8, 4) is 0 Å². The third-order valence-electron chi connectivity index (χ3n) is 4.60. The van der Waals surface area contributed by atoms with Crippen molar-refractivity contribution in [3.05, 3.63) is 48.6 Å². The Bertz CT molecular complexity index is 573. The Morgan fingerprint density at radius 2 is 1.93 bits per heavy atom. The van der Waals surface area contributed by atoms with Gasteiger partial charge in [0.1, 0.15) is 5.78 Å². The van der Waals surface area contributed by atoms with Gasteiger partial charge in [-0.3, -0.25) is 9.59 Å². The maximum absolute atomic E-state index is 12.1. The number of hydrogen-bond donors (Lipinski definition) is 3. The zero-order chi connectivity index (χ0) is 20.1. The van der Waals surface area contributed by atoms with Gasteiger partial charge in [-0.15, -0.1) is 0 Å². The second-order valence-electron chi connectivity index (χ2n) is 6.84. The summed E-state index contributed by atoms with van der Waals surface area (Å²) in [6, 6.07) is 0. The molecule has 0 heterocycles. The molecule has 150 valence electrons. The lowest BCUT2D eigenvalue weighted by atomic mass is 9.90. The van der Waals surface area contributed by atoms with Crippen LogP contribution in [0, 0.1) is 11.8 Å². The fourth-order valence-electron chi connectivity index (χ4n) is 3.10. The van der Waals surface area contributed by atoms with Crippen molar-refractivity contribution in [2.75, 3.05) is 0 Å². The monoisotopic (exact) mass is 376 g/mol. The van der Waals surface area contributed by atoms with E-state index < -0.39 is 24.1 Å².